The molecule has 1 heterocycles. The average Bonchev–Trinajstić information content (AvgIpc) is 2.66. The first-order chi connectivity index (χ1) is 14.2. The van der Waals surface area contributed by atoms with Crippen molar-refractivity contribution in [2.45, 2.75) is 36.8 Å². The van der Waals surface area contributed by atoms with E-state index in [1.54, 1.807) is 18.2 Å². The number of fused-ring (bicyclic) bond motifs is 1. The lowest BCUT2D eigenvalue weighted by atomic mass is 9.97. The van der Waals surface area contributed by atoms with Gasteiger partial charge in [0.15, 0.2) is 15.4 Å². The fourth-order valence-electron chi connectivity index (χ4n) is 3.42. The van der Waals surface area contributed by atoms with E-state index in [1.165, 1.54) is 23.1 Å². The molecule has 0 aliphatic carbocycles. The van der Waals surface area contributed by atoms with E-state index < -0.39 is 23.7 Å². The van der Waals surface area contributed by atoms with Gasteiger partial charge in [0.25, 0.3) is 0 Å². The Morgan fingerprint density at radius 3 is 2.13 bits per heavy atom. The molecule has 4 nitrogen and oxygen atoms in total. The molecule has 2 aromatic rings. The predicted molar refractivity (Wildman–Crippen MR) is 121 cm³/mol. The van der Waals surface area contributed by atoms with Crippen LogP contribution in [0.1, 0.15) is 21.9 Å². The lowest BCUT2D eigenvalue weighted by molar-refractivity contribution is -0.0517. The van der Waals surface area contributed by atoms with Crippen molar-refractivity contribution in [3.63, 3.8) is 0 Å². The smallest absolute Gasteiger partial charge is 0.485 e. The maximum absolute atomic E-state index is 10.7. The van der Waals surface area contributed by atoms with Gasteiger partial charge in [0.1, 0.15) is 19.6 Å². The van der Waals surface area contributed by atoms with E-state index in [-0.39, 0.29) is 0 Å². The summed E-state index contributed by atoms with van der Waals surface area (Å²) in [6, 6.07) is 17.8. The number of rotatable bonds is 4. The van der Waals surface area contributed by atoms with Crippen LogP contribution in [-0.4, -0.2) is 44.8 Å². The molecule has 10 heteroatoms. The van der Waals surface area contributed by atoms with E-state index in [2.05, 4.69) is 68.2 Å². The van der Waals surface area contributed by atoms with Gasteiger partial charge in [-0.05, 0) is 40.7 Å². The number of halogens is 3. The SMILES string of the molecule is COc1ccc([C@H]2c3ccccc3CC[S+]2C[Si](C)(C)C)cc1.O=S(=O)([O-])C(F)(F)F. The Morgan fingerprint density at radius 1 is 1.10 bits per heavy atom. The van der Waals surface area contributed by atoms with Crippen molar-refractivity contribution >= 4 is 29.1 Å². The van der Waals surface area contributed by atoms with Crippen molar-refractivity contribution in [1.29, 1.82) is 0 Å². The molecule has 0 saturated carbocycles. The monoisotopic (exact) mass is 492 g/mol. The van der Waals surface area contributed by atoms with Gasteiger partial charge in [0.05, 0.1) is 12.5 Å². The molecule has 1 unspecified atom stereocenters. The maximum atomic E-state index is 10.7. The lowest BCUT2D eigenvalue weighted by Crippen LogP contribution is -2.39. The van der Waals surface area contributed by atoms with Gasteiger partial charge in [-0.1, -0.05) is 43.9 Å². The van der Waals surface area contributed by atoms with Gasteiger partial charge in [-0.25, -0.2) is 8.42 Å². The third-order valence-corrected chi connectivity index (χ3v) is 12.1. The molecule has 1 aliphatic rings. The Bertz CT molecular complexity index is 971. The molecule has 0 fully saturated rings. The summed E-state index contributed by atoms with van der Waals surface area (Å²) >= 11 is 0. The van der Waals surface area contributed by atoms with E-state index in [0.29, 0.717) is 16.1 Å². The fraction of sp³-hybridized carbons (Fsp3) is 0.429. The number of alkyl halides is 3. The minimum Gasteiger partial charge on any atom is -0.741 e. The molecule has 0 radical (unpaired) electrons. The number of hydrogen-bond acceptors (Lipinski definition) is 4. The highest BCUT2D eigenvalue weighted by molar-refractivity contribution is 7.98. The average molecular weight is 493 g/mol. The van der Waals surface area contributed by atoms with Gasteiger partial charge in [0.2, 0.25) is 0 Å². The van der Waals surface area contributed by atoms with Crippen LogP contribution in [-0.2, 0) is 27.4 Å². The summed E-state index contributed by atoms with van der Waals surface area (Å²) in [5.74, 6) is 2.29. The van der Waals surface area contributed by atoms with Crippen molar-refractivity contribution < 1.29 is 30.9 Å². The molecule has 0 saturated heterocycles. The minimum absolute atomic E-state index is 0.448. The summed E-state index contributed by atoms with van der Waals surface area (Å²) in [6.07, 6.45) is 1.25. The third-order valence-electron chi connectivity index (χ3n) is 4.62. The first-order valence-corrected chi connectivity index (χ1v) is 16.4. The highest BCUT2D eigenvalue weighted by atomic mass is 32.2. The van der Waals surface area contributed by atoms with Crippen LogP contribution < -0.4 is 4.74 Å². The van der Waals surface area contributed by atoms with Crippen molar-refractivity contribution in [3.05, 3.63) is 65.2 Å². The van der Waals surface area contributed by atoms with Gasteiger partial charge in [-0.3, -0.25) is 0 Å². The molecule has 1 aliphatic heterocycles. The third kappa shape index (κ3) is 7.26. The Kier molecular flexibility index (Phi) is 8.29. The molecule has 3 rings (SSSR count). The Labute approximate surface area is 185 Å². The Hall–Kier alpha value is -1.49. The number of aryl methyl sites for hydroxylation is 1. The van der Waals surface area contributed by atoms with E-state index in [9.17, 15) is 13.2 Å². The zero-order valence-corrected chi connectivity index (χ0v) is 20.5. The molecule has 172 valence electrons. The number of hydrogen-bond donors (Lipinski definition) is 0. The molecule has 2 aromatic carbocycles. The summed E-state index contributed by atoms with van der Waals surface area (Å²) in [5.41, 5.74) is -1.08. The summed E-state index contributed by atoms with van der Waals surface area (Å²) in [5, 5.41) is 2.00. The molecular formula is C21H27F3O4S2Si. The van der Waals surface area contributed by atoms with Crippen LogP contribution in [0.5, 0.6) is 5.75 Å². The lowest BCUT2D eigenvalue weighted by Gasteiger charge is -2.30. The van der Waals surface area contributed by atoms with Crippen molar-refractivity contribution in [2.24, 2.45) is 0 Å². The van der Waals surface area contributed by atoms with Crippen LogP contribution in [0.3, 0.4) is 0 Å². The zero-order valence-electron chi connectivity index (χ0n) is 17.9. The number of methoxy groups -OCH3 is 1. The van der Waals surface area contributed by atoms with Crippen LogP contribution in [0.2, 0.25) is 19.6 Å². The second-order valence-corrected chi connectivity index (χ2v) is 18.1. The van der Waals surface area contributed by atoms with E-state index in [4.69, 9.17) is 17.7 Å². The molecule has 0 aromatic heterocycles. The molecule has 0 N–H and O–H groups in total. The van der Waals surface area contributed by atoms with Crippen LogP contribution >= 0.6 is 0 Å². The molecule has 0 bridgehead atoms. The van der Waals surface area contributed by atoms with Crippen molar-refractivity contribution in [2.75, 3.05) is 18.2 Å². The van der Waals surface area contributed by atoms with Crippen LogP contribution in [0.15, 0.2) is 48.5 Å². The second kappa shape index (κ2) is 9.97. The van der Waals surface area contributed by atoms with E-state index in [0.717, 1.165) is 5.75 Å². The Balaban J connectivity index is 0.000000366. The maximum Gasteiger partial charge on any atom is 0.485 e. The molecular weight excluding hydrogens is 465 g/mol. The van der Waals surface area contributed by atoms with Crippen LogP contribution in [0, 0.1) is 0 Å². The van der Waals surface area contributed by atoms with Gasteiger partial charge in [0, 0.05) is 17.5 Å². The van der Waals surface area contributed by atoms with Crippen LogP contribution in [0.25, 0.3) is 0 Å². The van der Waals surface area contributed by atoms with E-state index in [1.807, 2.05) is 0 Å². The normalized spacial score (nSPS) is 19.1. The molecule has 0 amide bonds. The number of benzene rings is 2. The summed E-state index contributed by atoms with van der Waals surface area (Å²) in [6.45, 7) is 7.52. The highest BCUT2D eigenvalue weighted by Gasteiger charge is 2.41. The Morgan fingerprint density at radius 2 is 1.65 bits per heavy atom. The topological polar surface area (TPSA) is 66.4 Å². The molecule has 31 heavy (non-hydrogen) atoms. The molecule has 2 atom stereocenters. The number of ether oxygens (including phenoxy) is 1. The second-order valence-electron chi connectivity index (χ2n) is 8.45. The minimum atomic E-state index is -6.09. The van der Waals surface area contributed by atoms with Gasteiger partial charge in [-0.15, -0.1) is 0 Å². The highest BCUT2D eigenvalue weighted by Crippen LogP contribution is 2.40. The van der Waals surface area contributed by atoms with Crippen LogP contribution in [0.4, 0.5) is 13.2 Å². The van der Waals surface area contributed by atoms with Gasteiger partial charge >= 0.3 is 5.51 Å². The predicted octanol–water partition coefficient (Wildman–Crippen LogP) is 4.89. The van der Waals surface area contributed by atoms with E-state index >= 15 is 0 Å². The zero-order chi connectivity index (χ0) is 23.4. The van der Waals surface area contributed by atoms with Crippen molar-refractivity contribution in [1.82, 2.24) is 0 Å². The molecule has 0 spiro atoms. The fourth-order valence-corrected chi connectivity index (χ4v) is 11.0. The standard InChI is InChI=1S/C20H27OSSi.CHF3O3S/c1-21-18-11-9-17(10-12-18)20-19-8-6-5-7-16(19)13-14-22(20)15-23(2,3)4;2-1(3,4)8(5,6)7/h5-12,20H,13-15H2,1-4H3;(H,5,6,7)/q+1;/p-1/t20-,22?;/m0./s1. The van der Waals surface area contributed by atoms with Gasteiger partial charge < -0.3 is 9.29 Å². The van der Waals surface area contributed by atoms with Gasteiger partial charge in [-0.2, -0.15) is 13.2 Å². The summed E-state index contributed by atoms with van der Waals surface area (Å²) in [4.78, 5) is 0. The summed E-state index contributed by atoms with van der Waals surface area (Å²) in [7, 11) is -4.98. The largest absolute Gasteiger partial charge is 0.741 e. The van der Waals surface area contributed by atoms with Crippen molar-refractivity contribution in [3.8, 4) is 5.75 Å². The first kappa shape index (κ1) is 25.8. The quantitative estimate of drug-likeness (QED) is 0.264. The summed E-state index contributed by atoms with van der Waals surface area (Å²) < 4.78 is 64.2. The first-order valence-electron chi connectivity index (χ1n) is 9.63.